The smallest absolute Gasteiger partial charge is 0.0693 e. The van der Waals surface area contributed by atoms with Gasteiger partial charge in [-0.15, -0.1) is 0 Å². The highest BCUT2D eigenvalue weighted by molar-refractivity contribution is 4.80. The van der Waals surface area contributed by atoms with E-state index in [1.54, 1.807) is 6.20 Å². The molecular weight excluding hydrogens is 202 g/mol. The van der Waals surface area contributed by atoms with Gasteiger partial charge in [-0.3, -0.25) is 4.68 Å². The van der Waals surface area contributed by atoms with Gasteiger partial charge in [0.2, 0.25) is 0 Å². The predicted octanol–water partition coefficient (Wildman–Crippen LogP) is 1.17. The van der Waals surface area contributed by atoms with Gasteiger partial charge in [-0.05, 0) is 31.9 Å². The quantitative estimate of drug-likeness (QED) is 0.737. The summed E-state index contributed by atoms with van der Waals surface area (Å²) in [6.45, 7) is 1.91. The summed E-state index contributed by atoms with van der Waals surface area (Å²) in [5.41, 5.74) is 0. The lowest BCUT2D eigenvalue weighted by atomic mass is 9.92. The Labute approximate surface area is 96.7 Å². The summed E-state index contributed by atoms with van der Waals surface area (Å²) >= 11 is 0. The molecule has 4 nitrogen and oxygen atoms in total. The predicted molar refractivity (Wildman–Crippen MR) is 63.1 cm³/mol. The van der Waals surface area contributed by atoms with E-state index in [0.29, 0.717) is 6.04 Å². The fourth-order valence-electron chi connectivity index (χ4n) is 2.31. The molecule has 0 amide bonds. The van der Waals surface area contributed by atoms with E-state index in [0.717, 1.165) is 32.4 Å². The summed E-state index contributed by atoms with van der Waals surface area (Å²) in [7, 11) is 0. The Morgan fingerprint density at radius 1 is 1.38 bits per heavy atom. The zero-order chi connectivity index (χ0) is 11.2. The minimum Gasteiger partial charge on any atom is -0.392 e. The minimum absolute atomic E-state index is 0.140. The molecule has 1 aliphatic carbocycles. The van der Waals surface area contributed by atoms with Gasteiger partial charge in [-0.25, -0.2) is 0 Å². The normalized spacial score (nSPS) is 25.8. The second kappa shape index (κ2) is 6.01. The Bertz CT molecular complexity index is 286. The van der Waals surface area contributed by atoms with E-state index < -0.39 is 0 Å². The Hall–Kier alpha value is -0.870. The molecule has 1 heterocycles. The van der Waals surface area contributed by atoms with Gasteiger partial charge in [0, 0.05) is 25.0 Å². The molecule has 0 radical (unpaired) electrons. The first-order valence-corrected chi connectivity index (χ1v) is 6.25. The van der Waals surface area contributed by atoms with Crippen LogP contribution in [0.25, 0.3) is 0 Å². The Balaban J connectivity index is 1.60. The van der Waals surface area contributed by atoms with Crippen molar-refractivity contribution in [1.82, 2.24) is 15.1 Å². The van der Waals surface area contributed by atoms with E-state index >= 15 is 0 Å². The van der Waals surface area contributed by atoms with Crippen LogP contribution in [0.3, 0.4) is 0 Å². The number of aliphatic hydroxyl groups excluding tert-OH is 1. The van der Waals surface area contributed by atoms with Crippen LogP contribution in [0.5, 0.6) is 0 Å². The zero-order valence-corrected chi connectivity index (χ0v) is 9.68. The van der Waals surface area contributed by atoms with Gasteiger partial charge in [0.05, 0.1) is 6.10 Å². The molecule has 0 saturated heterocycles. The van der Waals surface area contributed by atoms with Gasteiger partial charge in [0.15, 0.2) is 0 Å². The maximum atomic E-state index is 9.77. The largest absolute Gasteiger partial charge is 0.392 e. The summed E-state index contributed by atoms with van der Waals surface area (Å²) in [5.74, 6) is 0. The lowest BCUT2D eigenvalue weighted by Gasteiger charge is -2.28. The van der Waals surface area contributed by atoms with Gasteiger partial charge < -0.3 is 10.4 Å². The molecule has 90 valence electrons. The fourth-order valence-corrected chi connectivity index (χ4v) is 2.31. The maximum absolute atomic E-state index is 9.77. The molecule has 16 heavy (non-hydrogen) atoms. The summed E-state index contributed by atoms with van der Waals surface area (Å²) in [6, 6.07) is 2.25. The molecule has 0 spiro atoms. The van der Waals surface area contributed by atoms with Crippen LogP contribution < -0.4 is 5.32 Å². The van der Waals surface area contributed by atoms with Crippen molar-refractivity contribution in [1.29, 1.82) is 0 Å². The van der Waals surface area contributed by atoms with E-state index in [2.05, 4.69) is 10.4 Å². The van der Waals surface area contributed by atoms with Crippen molar-refractivity contribution in [3.05, 3.63) is 18.5 Å². The van der Waals surface area contributed by atoms with Crippen molar-refractivity contribution >= 4 is 0 Å². The molecule has 2 rings (SSSR count). The lowest BCUT2D eigenvalue weighted by molar-refractivity contribution is 0.0908. The molecule has 1 aromatic heterocycles. The molecule has 0 bridgehead atoms. The van der Waals surface area contributed by atoms with Crippen molar-refractivity contribution in [2.45, 2.75) is 50.8 Å². The monoisotopic (exact) mass is 223 g/mol. The first-order chi connectivity index (χ1) is 7.86. The number of hydrogen-bond donors (Lipinski definition) is 2. The Kier molecular flexibility index (Phi) is 4.36. The van der Waals surface area contributed by atoms with Gasteiger partial charge in [-0.1, -0.05) is 12.8 Å². The number of nitrogens with zero attached hydrogens (tertiary/aromatic N) is 2. The van der Waals surface area contributed by atoms with Gasteiger partial charge in [0.1, 0.15) is 0 Å². The SMILES string of the molecule is O[C@H]1CCCC[C@@H]1NCCCn1cccn1. The Morgan fingerprint density at radius 3 is 3.00 bits per heavy atom. The van der Waals surface area contributed by atoms with Crippen molar-refractivity contribution < 1.29 is 5.11 Å². The van der Waals surface area contributed by atoms with Crippen LogP contribution in [0, 0.1) is 0 Å². The number of rotatable bonds is 5. The second-order valence-corrected chi connectivity index (χ2v) is 4.54. The number of aryl methyl sites for hydroxylation is 1. The highest BCUT2D eigenvalue weighted by atomic mass is 16.3. The third kappa shape index (κ3) is 3.32. The summed E-state index contributed by atoms with van der Waals surface area (Å²) in [5, 5.41) is 17.4. The van der Waals surface area contributed by atoms with Crippen molar-refractivity contribution in [2.24, 2.45) is 0 Å². The fraction of sp³-hybridized carbons (Fsp3) is 0.750. The Morgan fingerprint density at radius 2 is 2.25 bits per heavy atom. The summed E-state index contributed by atoms with van der Waals surface area (Å²) < 4.78 is 1.94. The number of nitrogens with one attached hydrogen (secondary N) is 1. The molecule has 1 fully saturated rings. The molecule has 0 aromatic carbocycles. The van der Waals surface area contributed by atoms with Crippen LogP contribution in [0.4, 0.5) is 0 Å². The molecule has 0 unspecified atom stereocenters. The van der Waals surface area contributed by atoms with Crippen LogP contribution in [-0.2, 0) is 6.54 Å². The van der Waals surface area contributed by atoms with E-state index in [-0.39, 0.29) is 6.10 Å². The van der Waals surface area contributed by atoms with E-state index in [1.807, 2.05) is 16.9 Å². The average molecular weight is 223 g/mol. The molecule has 2 atom stereocenters. The van der Waals surface area contributed by atoms with Gasteiger partial charge in [-0.2, -0.15) is 5.10 Å². The summed E-state index contributed by atoms with van der Waals surface area (Å²) in [4.78, 5) is 0. The van der Waals surface area contributed by atoms with Crippen molar-refractivity contribution in [3.8, 4) is 0 Å². The molecule has 0 aliphatic heterocycles. The molecule has 4 heteroatoms. The molecule has 2 N–H and O–H groups in total. The summed E-state index contributed by atoms with van der Waals surface area (Å²) in [6.07, 6.45) is 9.19. The minimum atomic E-state index is -0.140. The highest BCUT2D eigenvalue weighted by Gasteiger charge is 2.21. The first-order valence-electron chi connectivity index (χ1n) is 6.25. The average Bonchev–Trinajstić information content (AvgIpc) is 2.79. The standard InChI is InChI=1S/C12H21N3O/c16-12-6-2-1-5-11(12)13-7-3-9-15-10-4-8-14-15/h4,8,10-13,16H,1-3,5-7,9H2/t11-,12-/m0/s1. The van der Waals surface area contributed by atoms with Crippen molar-refractivity contribution in [2.75, 3.05) is 6.54 Å². The van der Waals surface area contributed by atoms with Crippen LogP contribution in [-0.4, -0.2) is 33.6 Å². The van der Waals surface area contributed by atoms with Gasteiger partial charge >= 0.3 is 0 Å². The second-order valence-electron chi connectivity index (χ2n) is 4.54. The van der Waals surface area contributed by atoms with E-state index in [9.17, 15) is 5.11 Å². The zero-order valence-electron chi connectivity index (χ0n) is 9.68. The first kappa shape index (κ1) is 11.6. The topological polar surface area (TPSA) is 50.1 Å². The number of hydrogen-bond acceptors (Lipinski definition) is 3. The highest BCUT2D eigenvalue weighted by Crippen LogP contribution is 2.18. The molecular formula is C12H21N3O. The lowest BCUT2D eigenvalue weighted by Crippen LogP contribution is -2.42. The van der Waals surface area contributed by atoms with Crippen molar-refractivity contribution in [3.63, 3.8) is 0 Å². The number of aliphatic hydroxyl groups is 1. The third-order valence-corrected chi connectivity index (χ3v) is 3.26. The van der Waals surface area contributed by atoms with Crippen LogP contribution in [0.2, 0.25) is 0 Å². The van der Waals surface area contributed by atoms with Crippen LogP contribution in [0.1, 0.15) is 32.1 Å². The van der Waals surface area contributed by atoms with E-state index in [1.165, 1.54) is 12.8 Å². The molecule has 1 saturated carbocycles. The third-order valence-electron chi connectivity index (χ3n) is 3.26. The van der Waals surface area contributed by atoms with E-state index in [4.69, 9.17) is 0 Å². The molecule has 1 aliphatic rings. The van der Waals surface area contributed by atoms with Crippen LogP contribution >= 0.6 is 0 Å². The van der Waals surface area contributed by atoms with Gasteiger partial charge in [0.25, 0.3) is 0 Å². The number of aromatic nitrogens is 2. The molecule has 1 aromatic rings. The maximum Gasteiger partial charge on any atom is 0.0693 e. The van der Waals surface area contributed by atoms with Crippen LogP contribution in [0.15, 0.2) is 18.5 Å².